The van der Waals surface area contributed by atoms with E-state index in [2.05, 4.69) is 15.5 Å². The van der Waals surface area contributed by atoms with Crippen molar-refractivity contribution in [2.45, 2.75) is 51.5 Å². The molecule has 2 aromatic rings. The standard InChI is InChI=1S/C19H19F6N5O2/c1-2-16(31)26-11(5-10-6-13(21)14(22)8-12(10)20)7-17(32)29-3-4-30-15(9-29)27-28-18(30)19(23,24)25/h6,8,11H,2-5,7,9H2,1H3,(H,26,31)/t11-/m1/s1. The first-order valence-corrected chi connectivity index (χ1v) is 9.69. The maximum atomic E-state index is 14.0. The fourth-order valence-electron chi connectivity index (χ4n) is 3.41. The SMILES string of the molecule is CCC(=O)N[C@@H](CC(=O)N1CCn2c(nnc2C(F)(F)F)C1)Cc1cc(F)c(F)cc1F. The molecule has 1 aromatic heterocycles. The van der Waals surface area contributed by atoms with E-state index in [1.807, 2.05) is 0 Å². The number of halogens is 6. The average Bonchev–Trinajstić information content (AvgIpc) is 3.15. The Kier molecular flexibility index (Phi) is 6.74. The number of alkyl halides is 3. The van der Waals surface area contributed by atoms with Crippen molar-refractivity contribution in [3.63, 3.8) is 0 Å². The smallest absolute Gasteiger partial charge is 0.353 e. The Morgan fingerprint density at radius 1 is 1.09 bits per heavy atom. The summed E-state index contributed by atoms with van der Waals surface area (Å²) in [7, 11) is 0. The van der Waals surface area contributed by atoms with E-state index in [9.17, 15) is 35.9 Å². The van der Waals surface area contributed by atoms with E-state index in [-0.39, 0.29) is 50.3 Å². The van der Waals surface area contributed by atoms with Gasteiger partial charge < -0.3 is 14.8 Å². The van der Waals surface area contributed by atoms with Gasteiger partial charge in [0.2, 0.25) is 17.6 Å². The fourth-order valence-corrected chi connectivity index (χ4v) is 3.41. The molecule has 3 rings (SSSR count). The number of nitrogens with zero attached hydrogens (tertiary/aromatic N) is 4. The van der Waals surface area contributed by atoms with Gasteiger partial charge in [-0.15, -0.1) is 10.2 Å². The van der Waals surface area contributed by atoms with Gasteiger partial charge in [-0.3, -0.25) is 9.59 Å². The molecule has 0 saturated carbocycles. The molecule has 0 fully saturated rings. The van der Waals surface area contributed by atoms with Gasteiger partial charge >= 0.3 is 6.18 Å². The quantitative estimate of drug-likeness (QED) is 0.528. The minimum Gasteiger partial charge on any atom is -0.353 e. The van der Waals surface area contributed by atoms with Gasteiger partial charge in [0, 0.05) is 38.0 Å². The molecule has 0 saturated heterocycles. The molecule has 174 valence electrons. The number of hydrogen-bond donors (Lipinski definition) is 1. The average molecular weight is 463 g/mol. The van der Waals surface area contributed by atoms with Crippen LogP contribution in [0.15, 0.2) is 12.1 Å². The van der Waals surface area contributed by atoms with E-state index in [0.29, 0.717) is 12.1 Å². The second-order valence-electron chi connectivity index (χ2n) is 7.29. The molecule has 2 amide bonds. The molecule has 1 atom stereocenters. The third-order valence-corrected chi connectivity index (χ3v) is 5.02. The highest BCUT2D eigenvalue weighted by Crippen LogP contribution is 2.29. The minimum atomic E-state index is -4.68. The number of rotatable bonds is 6. The van der Waals surface area contributed by atoms with Crippen molar-refractivity contribution >= 4 is 11.8 Å². The van der Waals surface area contributed by atoms with E-state index in [1.165, 1.54) is 4.90 Å². The summed E-state index contributed by atoms with van der Waals surface area (Å²) in [6, 6.07) is 0.0863. The molecule has 13 heteroatoms. The second-order valence-corrected chi connectivity index (χ2v) is 7.29. The highest BCUT2D eigenvalue weighted by atomic mass is 19.4. The lowest BCUT2D eigenvalue weighted by molar-refractivity contribution is -0.148. The summed E-state index contributed by atoms with van der Waals surface area (Å²) in [5.74, 6) is -5.84. The lowest BCUT2D eigenvalue weighted by Gasteiger charge is -2.29. The third kappa shape index (κ3) is 5.19. The number of aromatic nitrogens is 3. The van der Waals surface area contributed by atoms with Gasteiger partial charge in [0.1, 0.15) is 5.82 Å². The topological polar surface area (TPSA) is 80.1 Å². The molecular formula is C19H19F6N5O2. The lowest BCUT2D eigenvalue weighted by Crippen LogP contribution is -2.44. The van der Waals surface area contributed by atoms with Crippen molar-refractivity contribution in [1.82, 2.24) is 25.0 Å². The van der Waals surface area contributed by atoms with Crippen molar-refractivity contribution in [2.24, 2.45) is 0 Å². The molecule has 0 aliphatic carbocycles. The number of fused-ring (bicyclic) bond motifs is 1. The van der Waals surface area contributed by atoms with Crippen molar-refractivity contribution in [3.05, 3.63) is 46.8 Å². The molecule has 0 spiro atoms. The molecule has 1 aliphatic rings. The summed E-state index contributed by atoms with van der Waals surface area (Å²) in [6.45, 7) is 1.10. The van der Waals surface area contributed by atoms with E-state index < -0.39 is 47.3 Å². The van der Waals surface area contributed by atoms with E-state index in [4.69, 9.17) is 0 Å². The Morgan fingerprint density at radius 3 is 2.44 bits per heavy atom. The van der Waals surface area contributed by atoms with Gasteiger partial charge in [-0.05, 0) is 18.1 Å². The first-order valence-electron chi connectivity index (χ1n) is 9.69. The van der Waals surface area contributed by atoms with Crippen LogP contribution in [0.5, 0.6) is 0 Å². The molecule has 2 heterocycles. The van der Waals surface area contributed by atoms with Crippen LogP contribution in [-0.2, 0) is 35.3 Å². The van der Waals surface area contributed by atoms with Crippen LogP contribution >= 0.6 is 0 Å². The molecule has 7 nitrogen and oxygen atoms in total. The van der Waals surface area contributed by atoms with Crippen LogP contribution in [0.2, 0.25) is 0 Å². The van der Waals surface area contributed by atoms with Crippen LogP contribution in [0.3, 0.4) is 0 Å². The number of carbonyl (C=O) groups is 2. The van der Waals surface area contributed by atoms with Gasteiger partial charge in [-0.1, -0.05) is 6.92 Å². The van der Waals surface area contributed by atoms with E-state index in [1.54, 1.807) is 6.92 Å². The zero-order valence-corrected chi connectivity index (χ0v) is 16.8. The first kappa shape index (κ1) is 23.5. The van der Waals surface area contributed by atoms with Gasteiger partial charge in [-0.2, -0.15) is 13.2 Å². The fraction of sp³-hybridized carbons (Fsp3) is 0.474. The molecular weight excluding hydrogens is 444 g/mol. The Morgan fingerprint density at radius 2 is 1.78 bits per heavy atom. The Balaban J connectivity index is 1.74. The lowest BCUT2D eigenvalue weighted by atomic mass is 10.0. The third-order valence-electron chi connectivity index (χ3n) is 5.02. The summed E-state index contributed by atoms with van der Waals surface area (Å²) in [4.78, 5) is 25.8. The van der Waals surface area contributed by atoms with Crippen LogP contribution in [0, 0.1) is 17.5 Å². The van der Waals surface area contributed by atoms with Crippen molar-refractivity contribution in [1.29, 1.82) is 0 Å². The largest absolute Gasteiger partial charge is 0.451 e. The minimum absolute atomic E-state index is 0.0438. The van der Waals surface area contributed by atoms with E-state index in [0.717, 1.165) is 4.57 Å². The Bertz CT molecular complexity index is 1020. The van der Waals surface area contributed by atoms with Crippen LogP contribution in [-0.4, -0.2) is 44.1 Å². The Hall–Kier alpha value is -3.12. The summed E-state index contributed by atoms with van der Waals surface area (Å²) in [5.41, 5.74) is -0.230. The zero-order valence-electron chi connectivity index (χ0n) is 16.8. The van der Waals surface area contributed by atoms with Crippen molar-refractivity contribution < 1.29 is 35.9 Å². The zero-order chi connectivity index (χ0) is 23.6. The molecule has 32 heavy (non-hydrogen) atoms. The first-order chi connectivity index (χ1) is 15.0. The molecule has 0 unspecified atom stereocenters. The number of hydrogen-bond acceptors (Lipinski definition) is 4. The van der Waals surface area contributed by atoms with Gasteiger partial charge in [0.25, 0.3) is 0 Å². The molecule has 1 aliphatic heterocycles. The highest BCUT2D eigenvalue weighted by Gasteiger charge is 2.40. The molecule has 1 aromatic carbocycles. The summed E-state index contributed by atoms with van der Waals surface area (Å²) in [6.07, 6.45) is -5.23. The van der Waals surface area contributed by atoms with Crippen LogP contribution in [0.1, 0.15) is 37.0 Å². The van der Waals surface area contributed by atoms with Crippen LogP contribution in [0.25, 0.3) is 0 Å². The van der Waals surface area contributed by atoms with Gasteiger partial charge in [0.05, 0.1) is 6.54 Å². The van der Waals surface area contributed by atoms with Gasteiger partial charge in [-0.25, -0.2) is 13.2 Å². The number of benzene rings is 1. The normalized spacial score (nSPS) is 14.8. The summed E-state index contributed by atoms with van der Waals surface area (Å²) in [5, 5.41) is 9.18. The maximum absolute atomic E-state index is 14.0. The van der Waals surface area contributed by atoms with Crippen LogP contribution < -0.4 is 5.32 Å². The highest BCUT2D eigenvalue weighted by molar-refractivity contribution is 5.79. The molecule has 0 bridgehead atoms. The monoisotopic (exact) mass is 463 g/mol. The summed E-state index contributed by atoms with van der Waals surface area (Å²) >= 11 is 0. The molecule has 0 radical (unpaired) electrons. The second kappa shape index (κ2) is 9.17. The van der Waals surface area contributed by atoms with Crippen molar-refractivity contribution in [2.75, 3.05) is 6.54 Å². The van der Waals surface area contributed by atoms with Crippen LogP contribution in [0.4, 0.5) is 26.3 Å². The summed E-state index contributed by atoms with van der Waals surface area (Å²) < 4.78 is 80.5. The number of amides is 2. The predicted molar refractivity (Wildman–Crippen MR) is 97.3 cm³/mol. The van der Waals surface area contributed by atoms with Gasteiger partial charge in [0.15, 0.2) is 17.5 Å². The predicted octanol–water partition coefficient (Wildman–Crippen LogP) is 2.58. The number of carbonyl (C=O) groups excluding carboxylic acids is 2. The molecule has 1 N–H and O–H groups in total. The Labute approximate surface area is 178 Å². The maximum Gasteiger partial charge on any atom is 0.451 e. The van der Waals surface area contributed by atoms with E-state index >= 15 is 0 Å². The van der Waals surface area contributed by atoms with Crippen molar-refractivity contribution in [3.8, 4) is 0 Å². The number of nitrogens with one attached hydrogen (secondary N) is 1.